The third-order valence-electron chi connectivity index (χ3n) is 6.22. The van der Waals surface area contributed by atoms with Crippen LogP contribution < -0.4 is 9.47 Å². The maximum Gasteiger partial charge on any atom is 0.418 e. The number of alkyl halides is 3. The van der Waals surface area contributed by atoms with Crippen molar-refractivity contribution in [2.75, 3.05) is 0 Å². The van der Waals surface area contributed by atoms with Gasteiger partial charge in [0.2, 0.25) is 0 Å². The smallest absolute Gasteiger partial charge is 0.418 e. The van der Waals surface area contributed by atoms with Crippen LogP contribution in [0.3, 0.4) is 0 Å². The number of aromatic nitrogens is 1. The largest absolute Gasteiger partial charge is 0.457 e. The lowest BCUT2D eigenvalue weighted by atomic mass is 9.92. The molecule has 0 aliphatic carbocycles. The van der Waals surface area contributed by atoms with E-state index >= 15 is 0 Å². The molecule has 0 aliphatic rings. The summed E-state index contributed by atoms with van der Waals surface area (Å²) >= 11 is 0. The van der Waals surface area contributed by atoms with Gasteiger partial charge in [0, 0.05) is 18.0 Å². The summed E-state index contributed by atoms with van der Waals surface area (Å²) in [5.74, 6) is 1.11. The predicted octanol–water partition coefficient (Wildman–Crippen LogP) is 8.62. The van der Waals surface area contributed by atoms with E-state index in [0.717, 1.165) is 17.2 Å². The van der Waals surface area contributed by atoms with Gasteiger partial charge in [-0.3, -0.25) is 9.78 Å². The number of carbonyl (C=O) groups is 1. The van der Waals surface area contributed by atoms with E-state index in [9.17, 15) is 18.0 Å². The van der Waals surface area contributed by atoms with Crippen molar-refractivity contribution in [2.24, 2.45) is 0 Å². The number of esters is 1. The van der Waals surface area contributed by atoms with E-state index in [0.29, 0.717) is 40.2 Å². The second-order valence-electron chi connectivity index (χ2n) is 8.95. The fourth-order valence-electron chi connectivity index (χ4n) is 4.41. The molecule has 4 aromatic carbocycles. The number of hydrogen-bond donors (Lipinski definition) is 0. The van der Waals surface area contributed by atoms with E-state index < -0.39 is 11.7 Å². The maximum absolute atomic E-state index is 13.8. The third kappa shape index (κ3) is 5.93. The van der Waals surface area contributed by atoms with Crippen molar-refractivity contribution in [3.05, 3.63) is 120 Å². The number of halogens is 3. The topological polar surface area (TPSA) is 48.4 Å². The molecular weight excluding hydrogens is 503 g/mol. The SMILES string of the molecule is CCC(=O)Oc1ccc(Oc2cccc(-c3c(Cc4ccccc4)cnc4c(C(F)(F)F)cccc34)c2)cc1. The highest BCUT2D eigenvalue weighted by Gasteiger charge is 2.33. The van der Waals surface area contributed by atoms with E-state index in [4.69, 9.17) is 9.47 Å². The van der Waals surface area contributed by atoms with Crippen LogP contribution >= 0.6 is 0 Å². The van der Waals surface area contributed by atoms with Crippen LogP contribution in [0, 0.1) is 0 Å². The number of hydrogen-bond acceptors (Lipinski definition) is 4. The Balaban J connectivity index is 1.56. The lowest BCUT2D eigenvalue weighted by Crippen LogP contribution is -2.07. The van der Waals surface area contributed by atoms with Crippen LogP contribution in [0.25, 0.3) is 22.0 Å². The summed E-state index contributed by atoms with van der Waals surface area (Å²) in [4.78, 5) is 15.8. The molecule has 0 radical (unpaired) electrons. The van der Waals surface area contributed by atoms with Crippen molar-refractivity contribution >= 4 is 16.9 Å². The molecule has 0 bridgehead atoms. The third-order valence-corrected chi connectivity index (χ3v) is 6.22. The second-order valence-corrected chi connectivity index (χ2v) is 8.95. The molecule has 4 nitrogen and oxygen atoms in total. The van der Waals surface area contributed by atoms with Crippen LogP contribution in [-0.2, 0) is 17.4 Å². The summed E-state index contributed by atoms with van der Waals surface area (Å²) in [5.41, 5.74) is 2.32. The van der Waals surface area contributed by atoms with Gasteiger partial charge >= 0.3 is 12.1 Å². The van der Waals surface area contributed by atoms with Gasteiger partial charge in [0.1, 0.15) is 17.2 Å². The monoisotopic (exact) mass is 527 g/mol. The first-order valence-corrected chi connectivity index (χ1v) is 12.4. The standard InChI is InChI=1S/C32H24F3NO3/c1-2-29(37)39-25-16-14-24(15-17-25)38-26-11-6-10-22(19-26)30-23(18-21-8-4-3-5-9-21)20-36-31-27(30)12-7-13-28(31)32(33,34)35/h3-17,19-20H,2,18H2,1H3. The molecule has 1 aromatic heterocycles. The summed E-state index contributed by atoms with van der Waals surface area (Å²) in [7, 11) is 0. The molecule has 196 valence electrons. The molecular formula is C32H24F3NO3. The molecule has 0 spiro atoms. The van der Waals surface area contributed by atoms with Crippen molar-refractivity contribution in [1.82, 2.24) is 4.98 Å². The Kier molecular flexibility index (Phi) is 7.32. The molecule has 7 heteroatoms. The van der Waals surface area contributed by atoms with Crippen molar-refractivity contribution in [2.45, 2.75) is 25.9 Å². The molecule has 0 fully saturated rings. The minimum atomic E-state index is -4.53. The Hall–Kier alpha value is -4.65. The van der Waals surface area contributed by atoms with Gasteiger partial charge in [-0.2, -0.15) is 13.2 Å². The first kappa shape index (κ1) is 26.0. The molecule has 0 saturated carbocycles. The highest BCUT2D eigenvalue weighted by molar-refractivity contribution is 5.98. The number of carbonyl (C=O) groups excluding carboxylic acids is 1. The normalized spacial score (nSPS) is 11.4. The number of para-hydroxylation sites is 1. The average molecular weight is 528 g/mol. The van der Waals surface area contributed by atoms with Crippen LogP contribution in [0.5, 0.6) is 17.2 Å². The molecule has 0 amide bonds. The van der Waals surface area contributed by atoms with Gasteiger partial charge in [-0.25, -0.2) is 0 Å². The van der Waals surface area contributed by atoms with Gasteiger partial charge in [0.25, 0.3) is 0 Å². The van der Waals surface area contributed by atoms with Crippen LogP contribution in [0.4, 0.5) is 13.2 Å². The van der Waals surface area contributed by atoms with E-state index in [1.54, 1.807) is 55.5 Å². The van der Waals surface area contributed by atoms with Gasteiger partial charge in [-0.15, -0.1) is 0 Å². The van der Waals surface area contributed by atoms with Crippen molar-refractivity contribution in [1.29, 1.82) is 0 Å². The number of rotatable bonds is 7. The molecule has 0 saturated heterocycles. The molecule has 39 heavy (non-hydrogen) atoms. The van der Waals surface area contributed by atoms with E-state index in [-0.39, 0.29) is 17.9 Å². The van der Waals surface area contributed by atoms with Gasteiger partial charge in [0.05, 0.1) is 11.1 Å². The molecule has 5 rings (SSSR count). The Bertz CT molecular complexity index is 1610. The molecule has 0 N–H and O–H groups in total. The molecule has 0 aliphatic heterocycles. The lowest BCUT2D eigenvalue weighted by molar-refractivity contribution is -0.136. The Labute approximate surface area is 223 Å². The van der Waals surface area contributed by atoms with Gasteiger partial charge in [-0.05, 0) is 71.1 Å². The zero-order valence-electron chi connectivity index (χ0n) is 21.0. The fraction of sp³-hybridized carbons (Fsp3) is 0.125. The molecule has 0 unspecified atom stereocenters. The number of ether oxygens (including phenoxy) is 2. The second kappa shape index (κ2) is 11.0. The quantitative estimate of drug-likeness (QED) is 0.157. The zero-order valence-corrected chi connectivity index (χ0v) is 21.0. The summed E-state index contributed by atoms with van der Waals surface area (Å²) in [6, 6.07) is 27.7. The number of fused-ring (bicyclic) bond motifs is 1. The van der Waals surface area contributed by atoms with Gasteiger partial charge in [0.15, 0.2) is 0 Å². The predicted molar refractivity (Wildman–Crippen MR) is 144 cm³/mol. The van der Waals surface area contributed by atoms with Crippen LogP contribution in [0.2, 0.25) is 0 Å². The van der Waals surface area contributed by atoms with Gasteiger partial charge < -0.3 is 9.47 Å². The summed E-state index contributed by atoms with van der Waals surface area (Å²) in [6.45, 7) is 1.72. The number of benzene rings is 4. The highest BCUT2D eigenvalue weighted by Crippen LogP contribution is 2.40. The number of nitrogens with zero attached hydrogens (tertiary/aromatic N) is 1. The summed E-state index contributed by atoms with van der Waals surface area (Å²) in [6.07, 6.45) is -2.24. The molecule has 1 heterocycles. The van der Waals surface area contributed by atoms with Crippen LogP contribution in [0.1, 0.15) is 30.0 Å². The Morgan fingerprint density at radius 2 is 1.54 bits per heavy atom. The maximum atomic E-state index is 13.8. The Morgan fingerprint density at radius 1 is 0.821 bits per heavy atom. The molecule has 0 atom stereocenters. The van der Waals surface area contributed by atoms with Crippen LogP contribution in [-0.4, -0.2) is 11.0 Å². The van der Waals surface area contributed by atoms with E-state index in [2.05, 4.69) is 4.98 Å². The minimum Gasteiger partial charge on any atom is -0.457 e. The van der Waals surface area contributed by atoms with Gasteiger partial charge in [-0.1, -0.05) is 61.5 Å². The first-order chi connectivity index (χ1) is 18.8. The average Bonchev–Trinajstić information content (AvgIpc) is 2.93. The first-order valence-electron chi connectivity index (χ1n) is 12.4. The summed E-state index contributed by atoms with van der Waals surface area (Å²) in [5, 5.41) is 0.414. The summed E-state index contributed by atoms with van der Waals surface area (Å²) < 4.78 is 52.8. The van der Waals surface area contributed by atoms with E-state index in [1.807, 2.05) is 36.4 Å². The van der Waals surface area contributed by atoms with E-state index in [1.165, 1.54) is 12.3 Å². The van der Waals surface area contributed by atoms with Crippen molar-refractivity contribution in [3.8, 4) is 28.4 Å². The number of pyridine rings is 1. The Morgan fingerprint density at radius 3 is 2.26 bits per heavy atom. The van der Waals surface area contributed by atoms with Crippen molar-refractivity contribution in [3.63, 3.8) is 0 Å². The highest BCUT2D eigenvalue weighted by atomic mass is 19.4. The fourth-order valence-corrected chi connectivity index (χ4v) is 4.41. The van der Waals surface area contributed by atoms with Crippen LogP contribution in [0.15, 0.2) is 103 Å². The minimum absolute atomic E-state index is 0.0969. The van der Waals surface area contributed by atoms with Crippen molar-refractivity contribution < 1.29 is 27.4 Å². The molecule has 5 aromatic rings. The zero-order chi connectivity index (χ0) is 27.4. The lowest BCUT2D eigenvalue weighted by Gasteiger charge is -2.17.